The minimum atomic E-state index is -0.00260. The van der Waals surface area contributed by atoms with E-state index >= 15 is 0 Å². The van der Waals surface area contributed by atoms with Gasteiger partial charge in [0.1, 0.15) is 11.3 Å². The first-order valence-corrected chi connectivity index (χ1v) is 7.01. The van der Waals surface area contributed by atoms with Gasteiger partial charge in [-0.15, -0.1) is 0 Å². The smallest absolute Gasteiger partial charge is 0.167 e. The standard InChI is InChI=1S/C18H16O2/c1-18(2)9-14(19)17-13-7-11-5-3-4-6-12(11)8-15(13)20-16(17)10-18/h3-8H,9-10H2,1-2H3. The number of ketones is 1. The Morgan fingerprint density at radius 3 is 2.50 bits per heavy atom. The number of benzene rings is 2. The normalized spacial score (nSPS) is 17.6. The maximum atomic E-state index is 12.5. The topological polar surface area (TPSA) is 30.2 Å². The zero-order valence-corrected chi connectivity index (χ0v) is 11.7. The van der Waals surface area contributed by atoms with Crippen LogP contribution in [0.5, 0.6) is 0 Å². The average Bonchev–Trinajstić information content (AvgIpc) is 2.71. The van der Waals surface area contributed by atoms with Crippen LogP contribution >= 0.6 is 0 Å². The lowest BCUT2D eigenvalue weighted by atomic mass is 9.76. The van der Waals surface area contributed by atoms with E-state index in [9.17, 15) is 4.79 Å². The number of hydrogen-bond donors (Lipinski definition) is 0. The summed E-state index contributed by atoms with van der Waals surface area (Å²) in [6.07, 6.45) is 1.43. The molecule has 0 unspecified atom stereocenters. The van der Waals surface area contributed by atoms with Gasteiger partial charge in [0.05, 0.1) is 5.56 Å². The molecule has 1 aliphatic rings. The average molecular weight is 264 g/mol. The third-order valence-corrected chi connectivity index (χ3v) is 4.19. The van der Waals surface area contributed by atoms with Crippen molar-refractivity contribution >= 4 is 27.5 Å². The molecule has 1 aliphatic carbocycles. The zero-order valence-electron chi connectivity index (χ0n) is 11.7. The molecule has 0 N–H and O–H groups in total. The molecular formula is C18H16O2. The van der Waals surface area contributed by atoms with Crippen LogP contribution in [0.15, 0.2) is 40.8 Å². The number of rotatable bonds is 0. The number of hydrogen-bond acceptors (Lipinski definition) is 2. The van der Waals surface area contributed by atoms with Crippen LogP contribution in [0.25, 0.3) is 21.7 Å². The van der Waals surface area contributed by atoms with E-state index in [-0.39, 0.29) is 11.2 Å². The van der Waals surface area contributed by atoms with Gasteiger partial charge < -0.3 is 4.42 Å². The molecule has 2 nitrogen and oxygen atoms in total. The summed E-state index contributed by atoms with van der Waals surface area (Å²) in [5.41, 5.74) is 1.64. The molecule has 0 saturated carbocycles. The second-order valence-electron chi connectivity index (χ2n) is 6.54. The van der Waals surface area contributed by atoms with Crippen LogP contribution < -0.4 is 0 Å². The Bertz CT molecular complexity index is 852. The highest BCUT2D eigenvalue weighted by Crippen LogP contribution is 2.40. The predicted molar refractivity (Wildman–Crippen MR) is 80.2 cm³/mol. The van der Waals surface area contributed by atoms with Gasteiger partial charge in [-0.25, -0.2) is 0 Å². The fourth-order valence-corrected chi connectivity index (χ4v) is 3.28. The summed E-state index contributed by atoms with van der Waals surface area (Å²) >= 11 is 0. The molecule has 0 atom stereocenters. The number of furan rings is 1. The van der Waals surface area contributed by atoms with Crippen molar-refractivity contribution in [3.8, 4) is 0 Å². The van der Waals surface area contributed by atoms with E-state index in [1.165, 1.54) is 0 Å². The molecule has 0 aliphatic heterocycles. The van der Waals surface area contributed by atoms with Crippen LogP contribution in [0.4, 0.5) is 0 Å². The second-order valence-corrected chi connectivity index (χ2v) is 6.54. The van der Waals surface area contributed by atoms with E-state index in [1.54, 1.807) is 0 Å². The van der Waals surface area contributed by atoms with E-state index in [1.807, 2.05) is 18.2 Å². The van der Waals surface area contributed by atoms with Crippen LogP contribution in [-0.2, 0) is 6.42 Å². The molecule has 100 valence electrons. The lowest BCUT2D eigenvalue weighted by Crippen LogP contribution is -2.25. The van der Waals surface area contributed by atoms with Gasteiger partial charge in [-0.05, 0) is 28.3 Å². The number of Topliss-reactive ketones (excluding diaryl/α,β-unsaturated/α-hetero) is 1. The lowest BCUT2D eigenvalue weighted by molar-refractivity contribution is 0.0906. The maximum absolute atomic E-state index is 12.5. The summed E-state index contributed by atoms with van der Waals surface area (Å²) in [5.74, 6) is 1.07. The number of carbonyl (C=O) groups is 1. The Labute approximate surface area is 117 Å². The van der Waals surface area contributed by atoms with Gasteiger partial charge in [-0.3, -0.25) is 4.79 Å². The van der Waals surface area contributed by atoms with Gasteiger partial charge in [0.25, 0.3) is 0 Å². The van der Waals surface area contributed by atoms with Gasteiger partial charge in [0.2, 0.25) is 0 Å². The van der Waals surface area contributed by atoms with Crippen molar-refractivity contribution in [3.63, 3.8) is 0 Å². The van der Waals surface area contributed by atoms with Gasteiger partial charge in [0, 0.05) is 18.2 Å². The molecule has 0 saturated heterocycles. The van der Waals surface area contributed by atoms with E-state index in [4.69, 9.17) is 4.42 Å². The second kappa shape index (κ2) is 3.72. The molecule has 0 spiro atoms. The minimum absolute atomic E-state index is 0.00260. The largest absolute Gasteiger partial charge is 0.460 e. The molecule has 2 aromatic carbocycles. The molecule has 2 heteroatoms. The van der Waals surface area contributed by atoms with Gasteiger partial charge in [-0.2, -0.15) is 0 Å². The van der Waals surface area contributed by atoms with Crippen molar-refractivity contribution in [2.45, 2.75) is 26.7 Å². The Morgan fingerprint density at radius 1 is 1.05 bits per heavy atom. The number of fused-ring (bicyclic) bond motifs is 4. The van der Waals surface area contributed by atoms with Crippen LogP contribution in [0.1, 0.15) is 36.4 Å². The summed E-state index contributed by atoms with van der Waals surface area (Å²) in [5, 5.41) is 3.28. The summed E-state index contributed by atoms with van der Waals surface area (Å²) in [4.78, 5) is 12.5. The van der Waals surface area contributed by atoms with E-state index in [0.717, 1.165) is 39.5 Å². The van der Waals surface area contributed by atoms with Gasteiger partial charge >= 0.3 is 0 Å². The van der Waals surface area contributed by atoms with Crippen molar-refractivity contribution in [2.75, 3.05) is 0 Å². The fraction of sp³-hybridized carbons (Fsp3) is 0.278. The minimum Gasteiger partial charge on any atom is -0.460 e. The van der Waals surface area contributed by atoms with Crippen molar-refractivity contribution in [3.05, 3.63) is 47.7 Å². The number of carbonyl (C=O) groups excluding carboxylic acids is 1. The Kier molecular flexibility index (Phi) is 2.18. The first-order chi connectivity index (χ1) is 9.53. The van der Waals surface area contributed by atoms with E-state index in [2.05, 4.69) is 32.0 Å². The van der Waals surface area contributed by atoms with Crippen LogP contribution in [-0.4, -0.2) is 5.78 Å². The Hall–Kier alpha value is -2.09. The van der Waals surface area contributed by atoms with E-state index < -0.39 is 0 Å². The maximum Gasteiger partial charge on any atom is 0.167 e. The Balaban J connectivity index is 2.06. The lowest BCUT2D eigenvalue weighted by Gasteiger charge is -2.27. The van der Waals surface area contributed by atoms with Crippen molar-refractivity contribution in [1.29, 1.82) is 0 Å². The van der Waals surface area contributed by atoms with Crippen molar-refractivity contribution in [2.24, 2.45) is 5.41 Å². The third kappa shape index (κ3) is 1.61. The van der Waals surface area contributed by atoms with E-state index in [0.29, 0.717) is 6.42 Å². The quantitative estimate of drug-likeness (QED) is 0.587. The molecule has 3 aromatic rings. The Morgan fingerprint density at radius 2 is 1.75 bits per heavy atom. The fourth-order valence-electron chi connectivity index (χ4n) is 3.28. The third-order valence-electron chi connectivity index (χ3n) is 4.19. The zero-order chi connectivity index (χ0) is 13.9. The van der Waals surface area contributed by atoms with Crippen LogP contribution in [0.3, 0.4) is 0 Å². The highest BCUT2D eigenvalue weighted by molar-refractivity contribution is 6.12. The molecule has 20 heavy (non-hydrogen) atoms. The molecular weight excluding hydrogens is 248 g/mol. The summed E-state index contributed by atoms with van der Waals surface area (Å²) in [7, 11) is 0. The van der Waals surface area contributed by atoms with Crippen LogP contribution in [0.2, 0.25) is 0 Å². The summed E-state index contributed by atoms with van der Waals surface area (Å²) in [6.45, 7) is 4.25. The summed E-state index contributed by atoms with van der Waals surface area (Å²) < 4.78 is 5.98. The first kappa shape index (κ1) is 11.7. The molecule has 4 rings (SSSR count). The first-order valence-electron chi connectivity index (χ1n) is 7.01. The predicted octanol–water partition coefficient (Wildman–Crippen LogP) is 4.74. The molecule has 0 radical (unpaired) electrons. The molecule has 1 heterocycles. The highest BCUT2D eigenvalue weighted by atomic mass is 16.3. The summed E-state index contributed by atoms with van der Waals surface area (Å²) in [6, 6.07) is 12.3. The molecule has 0 bridgehead atoms. The monoisotopic (exact) mass is 264 g/mol. The molecule has 0 amide bonds. The van der Waals surface area contributed by atoms with Crippen LogP contribution in [0, 0.1) is 5.41 Å². The van der Waals surface area contributed by atoms with Gasteiger partial charge in [-0.1, -0.05) is 38.1 Å². The highest BCUT2D eigenvalue weighted by Gasteiger charge is 2.35. The molecule has 0 fully saturated rings. The SMILES string of the molecule is CC1(C)CC(=O)c2c(oc3cc4ccccc4cc23)C1. The van der Waals surface area contributed by atoms with Crippen molar-refractivity contribution < 1.29 is 9.21 Å². The molecule has 1 aromatic heterocycles. The van der Waals surface area contributed by atoms with Crippen molar-refractivity contribution in [1.82, 2.24) is 0 Å². The van der Waals surface area contributed by atoms with Gasteiger partial charge in [0.15, 0.2) is 5.78 Å².